The molecular formula is C29H24Cl2N4O5S. The summed E-state index contributed by atoms with van der Waals surface area (Å²) >= 11 is 12.2. The summed E-state index contributed by atoms with van der Waals surface area (Å²) in [6.07, 6.45) is 0.0243. The maximum atomic E-state index is 12.8. The summed E-state index contributed by atoms with van der Waals surface area (Å²) in [5.74, 6) is -1.83. The minimum absolute atomic E-state index is 0.0243. The summed E-state index contributed by atoms with van der Waals surface area (Å²) in [5, 5.41) is 15.6. The van der Waals surface area contributed by atoms with E-state index in [4.69, 9.17) is 28.9 Å². The van der Waals surface area contributed by atoms with Crippen LogP contribution in [0.5, 0.6) is 0 Å². The van der Waals surface area contributed by atoms with Gasteiger partial charge in [0.15, 0.2) is 12.0 Å². The fourth-order valence-electron chi connectivity index (χ4n) is 3.85. The van der Waals surface area contributed by atoms with E-state index in [0.717, 1.165) is 0 Å². The molecule has 0 heterocycles. The molecule has 0 radical (unpaired) electrons. The number of nitrogens with one attached hydrogen (secondary N) is 2. The van der Waals surface area contributed by atoms with E-state index in [1.165, 1.54) is 36.4 Å². The van der Waals surface area contributed by atoms with Gasteiger partial charge in [0.2, 0.25) is 9.84 Å². The number of nitrogens with two attached hydrogens (primary N) is 1. The third-order valence-corrected chi connectivity index (χ3v) is 8.32. The van der Waals surface area contributed by atoms with Crippen LogP contribution in [0.3, 0.4) is 0 Å². The van der Waals surface area contributed by atoms with Crippen molar-refractivity contribution in [1.82, 2.24) is 0 Å². The van der Waals surface area contributed by atoms with Crippen LogP contribution in [0.25, 0.3) is 0 Å². The molecule has 4 aromatic carbocycles. The molecule has 0 aliphatic carbocycles. The monoisotopic (exact) mass is 610 g/mol. The fourth-order valence-corrected chi connectivity index (χ4v) is 5.70. The normalized spacial score (nSPS) is 12.4. The number of carboxylic acid groups (broad SMARTS) is 1. The van der Waals surface area contributed by atoms with Crippen LogP contribution in [0.2, 0.25) is 10.0 Å². The van der Waals surface area contributed by atoms with Crippen LogP contribution >= 0.6 is 23.2 Å². The minimum atomic E-state index is -3.68. The van der Waals surface area contributed by atoms with Crippen molar-refractivity contribution < 1.29 is 23.1 Å². The van der Waals surface area contributed by atoms with Crippen LogP contribution in [-0.4, -0.2) is 37.4 Å². The van der Waals surface area contributed by atoms with Crippen LogP contribution in [0.15, 0.2) is 112 Å². The highest BCUT2D eigenvalue weighted by Gasteiger charge is 2.20. The summed E-state index contributed by atoms with van der Waals surface area (Å²) in [6, 6.07) is 24.0. The summed E-state index contributed by atoms with van der Waals surface area (Å²) in [6.45, 7) is 0. The fraction of sp³-hybridized carbons (Fsp3) is 0.0690. The van der Waals surface area contributed by atoms with Gasteiger partial charge in [0.1, 0.15) is 0 Å². The second kappa shape index (κ2) is 12.9. The molecule has 0 saturated heterocycles. The molecule has 4 rings (SSSR count). The van der Waals surface area contributed by atoms with Crippen LogP contribution in [0, 0.1) is 0 Å². The number of carboxylic acids is 1. The number of halogens is 2. The topological polar surface area (TPSA) is 151 Å². The lowest BCUT2D eigenvalue weighted by atomic mass is 10.1. The van der Waals surface area contributed by atoms with Gasteiger partial charge in [-0.1, -0.05) is 59.6 Å². The van der Waals surface area contributed by atoms with E-state index in [2.05, 4.69) is 15.6 Å². The smallest absolute Gasteiger partial charge is 0.328 e. The Hall–Kier alpha value is -4.38. The lowest BCUT2D eigenvalue weighted by molar-refractivity contribution is -0.138. The largest absolute Gasteiger partial charge is 0.480 e. The van der Waals surface area contributed by atoms with Crippen LogP contribution < -0.4 is 16.4 Å². The molecule has 12 heteroatoms. The van der Waals surface area contributed by atoms with Gasteiger partial charge in [0.05, 0.1) is 25.4 Å². The Balaban J connectivity index is 1.40. The molecule has 1 atom stereocenters. The molecule has 41 heavy (non-hydrogen) atoms. The van der Waals surface area contributed by atoms with Gasteiger partial charge < -0.3 is 21.5 Å². The number of sulfone groups is 1. The minimum Gasteiger partial charge on any atom is -0.480 e. The van der Waals surface area contributed by atoms with Gasteiger partial charge in [-0.15, -0.1) is 0 Å². The second-order valence-corrected chi connectivity index (χ2v) is 11.6. The number of amides is 1. The predicted molar refractivity (Wildman–Crippen MR) is 160 cm³/mol. The average Bonchev–Trinajstić information content (AvgIpc) is 2.94. The van der Waals surface area contributed by atoms with Crippen molar-refractivity contribution >= 4 is 62.2 Å². The first-order valence-electron chi connectivity index (χ1n) is 12.1. The van der Waals surface area contributed by atoms with Crippen molar-refractivity contribution in [3.63, 3.8) is 0 Å². The average molecular weight is 612 g/mol. The Kier molecular flexibility index (Phi) is 9.28. The Morgan fingerprint density at radius 2 is 1.32 bits per heavy atom. The van der Waals surface area contributed by atoms with Crippen LogP contribution in [0.1, 0.15) is 15.9 Å². The van der Waals surface area contributed by atoms with E-state index >= 15 is 0 Å². The first-order valence-corrected chi connectivity index (χ1v) is 14.4. The molecule has 0 fully saturated rings. The molecule has 0 aromatic heterocycles. The molecule has 0 spiro atoms. The van der Waals surface area contributed by atoms with Gasteiger partial charge in [-0.25, -0.2) is 18.2 Å². The number of nitrogens with zero attached hydrogens (tertiary/aromatic N) is 1. The first kappa shape index (κ1) is 29.6. The zero-order valence-corrected chi connectivity index (χ0v) is 23.6. The quantitative estimate of drug-likeness (QED) is 0.144. The number of aliphatic imine (C=N–C) groups is 1. The van der Waals surface area contributed by atoms with Crippen molar-refractivity contribution in [3.05, 3.63) is 118 Å². The van der Waals surface area contributed by atoms with Gasteiger partial charge in [0.25, 0.3) is 5.91 Å². The number of hydrogen-bond acceptors (Lipinski definition) is 5. The van der Waals surface area contributed by atoms with Crippen molar-refractivity contribution in [2.75, 3.05) is 10.6 Å². The van der Waals surface area contributed by atoms with Crippen molar-refractivity contribution in [2.45, 2.75) is 22.3 Å². The van der Waals surface area contributed by atoms with E-state index in [1.807, 2.05) is 0 Å². The molecule has 0 saturated carbocycles. The zero-order valence-electron chi connectivity index (χ0n) is 21.3. The number of benzene rings is 4. The van der Waals surface area contributed by atoms with E-state index in [-0.39, 0.29) is 37.8 Å². The van der Waals surface area contributed by atoms with Gasteiger partial charge in [-0.3, -0.25) is 4.79 Å². The van der Waals surface area contributed by atoms with Crippen LogP contribution in [-0.2, 0) is 21.1 Å². The SMILES string of the molecule is NC(=N[C@@H](Cc1ccc(NC(=O)c2c(Cl)cccc2Cl)cc1)C(=O)O)Nc1ccc(S(=O)(=O)c2ccccc2)cc1. The van der Waals surface area contributed by atoms with E-state index < -0.39 is 27.8 Å². The highest BCUT2D eigenvalue weighted by Crippen LogP contribution is 2.26. The van der Waals surface area contributed by atoms with Crippen molar-refractivity contribution in [2.24, 2.45) is 10.7 Å². The Morgan fingerprint density at radius 1 is 0.780 bits per heavy atom. The third kappa shape index (κ3) is 7.43. The number of rotatable bonds is 9. The van der Waals surface area contributed by atoms with E-state index in [1.54, 1.807) is 60.7 Å². The zero-order chi connectivity index (χ0) is 29.6. The predicted octanol–water partition coefficient (Wildman–Crippen LogP) is 5.50. The lowest BCUT2D eigenvalue weighted by Gasteiger charge is -2.12. The number of anilines is 2. The number of carbonyl (C=O) groups excluding carboxylic acids is 1. The van der Waals surface area contributed by atoms with Crippen LogP contribution in [0.4, 0.5) is 11.4 Å². The van der Waals surface area contributed by atoms with E-state index in [9.17, 15) is 23.1 Å². The lowest BCUT2D eigenvalue weighted by Crippen LogP contribution is -2.29. The molecule has 0 aliphatic heterocycles. The molecular weight excluding hydrogens is 587 g/mol. The Bertz CT molecular complexity index is 1680. The number of aliphatic carboxylic acids is 1. The maximum absolute atomic E-state index is 12.8. The summed E-state index contributed by atoms with van der Waals surface area (Å²) < 4.78 is 25.5. The summed E-state index contributed by atoms with van der Waals surface area (Å²) in [7, 11) is -3.68. The molecule has 4 aromatic rings. The Morgan fingerprint density at radius 3 is 1.90 bits per heavy atom. The molecule has 210 valence electrons. The number of carbonyl (C=O) groups is 2. The van der Waals surface area contributed by atoms with Crippen molar-refractivity contribution in [1.29, 1.82) is 0 Å². The van der Waals surface area contributed by atoms with Gasteiger partial charge in [0, 0.05) is 17.8 Å². The Labute approximate surface area is 246 Å². The van der Waals surface area contributed by atoms with E-state index in [0.29, 0.717) is 16.9 Å². The molecule has 0 aliphatic rings. The highest BCUT2D eigenvalue weighted by atomic mass is 35.5. The van der Waals surface area contributed by atoms with Crippen molar-refractivity contribution in [3.8, 4) is 0 Å². The standard InChI is InChI=1S/C29H24Cl2N4O5S/c30-23-7-4-8-24(31)26(23)27(36)33-19-11-9-18(10-12-19)17-25(28(37)38)35-29(32)34-20-13-15-22(16-14-20)41(39,40)21-5-2-1-3-6-21/h1-16,25H,17H2,(H,33,36)(H,37,38)(H3,32,34,35)/t25-/m0/s1. The molecule has 5 N–H and O–H groups in total. The molecule has 9 nitrogen and oxygen atoms in total. The second-order valence-electron chi connectivity index (χ2n) is 8.79. The number of hydrogen-bond donors (Lipinski definition) is 4. The summed E-state index contributed by atoms with van der Waals surface area (Å²) in [5.41, 5.74) is 7.64. The van der Waals surface area contributed by atoms with Gasteiger partial charge >= 0.3 is 5.97 Å². The molecule has 1 amide bonds. The first-order chi connectivity index (χ1) is 19.5. The molecule has 0 bridgehead atoms. The third-order valence-electron chi connectivity index (χ3n) is 5.90. The van der Waals surface area contributed by atoms with Gasteiger partial charge in [-0.2, -0.15) is 0 Å². The number of guanidine groups is 1. The molecule has 0 unspecified atom stereocenters. The summed E-state index contributed by atoms with van der Waals surface area (Å²) in [4.78, 5) is 28.8. The van der Waals surface area contributed by atoms with Gasteiger partial charge in [-0.05, 0) is 66.2 Å². The highest BCUT2D eigenvalue weighted by molar-refractivity contribution is 7.91. The maximum Gasteiger partial charge on any atom is 0.328 e.